The average Bonchev–Trinajstić information content (AvgIpc) is 3.17. The van der Waals surface area contributed by atoms with E-state index in [1.807, 2.05) is 6.07 Å². The number of nitrogens with one attached hydrogen (secondary N) is 1. The summed E-state index contributed by atoms with van der Waals surface area (Å²) in [5.74, 6) is -0.678. The summed E-state index contributed by atoms with van der Waals surface area (Å²) in [6, 6.07) is 22.7. The highest BCUT2D eigenvalue weighted by atomic mass is 35.5. The molecule has 3 aromatic carbocycles. The SMILES string of the molecule is N#C/C(C(=O)Nc1ccc(Cl)cc1)=c1\s/c(=C/c2ccc([N+](=O)[O-])cc2)c(=O)n1-c1ccccc1. The summed E-state index contributed by atoms with van der Waals surface area (Å²) in [5.41, 5.74) is 0.740. The Hall–Kier alpha value is -4.52. The highest BCUT2D eigenvalue weighted by Crippen LogP contribution is 2.15. The monoisotopic (exact) mass is 502 g/mol. The number of hydrogen-bond donors (Lipinski definition) is 1. The van der Waals surface area contributed by atoms with E-state index in [1.54, 1.807) is 60.7 Å². The van der Waals surface area contributed by atoms with Crippen molar-refractivity contribution in [3.05, 3.63) is 119 Å². The summed E-state index contributed by atoms with van der Waals surface area (Å²) in [7, 11) is 0. The third kappa shape index (κ3) is 5.19. The van der Waals surface area contributed by atoms with E-state index in [2.05, 4.69) is 5.32 Å². The number of hydrogen-bond acceptors (Lipinski definition) is 6. The van der Waals surface area contributed by atoms with Gasteiger partial charge in [0.1, 0.15) is 10.7 Å². The second-order valence-corrected chi connectivity index (χ2v) is 8.66. The van der Waals surface area contributed by atoms with E-state index in [9.17, 15) is 25.0 Å². The Labute approximate surface area is 207 Å². The van der Waals surface area contributed by atoms with Crippen molar-refractivity contribution in [2.75, 3.05) is 5.32 Å². The highest BCUT2D eigenvalue weighted by Gasteiger charge is 2.17. The van der Waals surface area contributed by atoms with Gasteiger partial charge in [0.15, 0.2) is 5.57 Å². The molecule has 0 saturated carbocycles. The molecule has 1 heterocycles. The fourth-order valence-corrected chi connectivity index (χ4v) is 4.46. The Bertz CT molecular complexity index is 1640. The minimum atomic E-state index is -0.678. The maximum atomic E-state index is 13.4. The van der Waals surface area contributed by atoms with E-state index in [1.165, 1.54) is 28.8 Å². The van der Waals surface area contributed by atoms with Crippen LogP contribution in [0.25, 0.3) is 17.3 Å². The number of halogens is 1. The van der Waals surface area contributed by atoms with Gasteiger partial charge in [0.05, 0.1) is 15.1 Å². The Kier molecular flexibility index (Phi) is 6.87. The fourth-order valence-electron chi connectivity index (χ4n) is 3.23. The van der Waals surface area contributed by atoms with Crippen LogP contribution in [-0.2, 0) is 4.79 Å². The number of thiazole rings is 1. The van der Waals surface area contributed by atoms with Crippen LogP contribution in [0.2, 0.25) is 5.02 Å². The topological polar surface area (TPSA) is 118 Å². The highest BCUT2D eigenvalue weighted by molar-refractivity contribution is 7.07. The lowest BCUT2D eigenvalue weighted by atomic mass is 10.2. The van der Waals surface area contributed by atoms with Crippen LogP contribution in [0.4, 0.5) is 11.4 Å². The van der Waals surface area contributed by atoms with E-state index in [-0.39, 0.29) is 20.5 Å². The van der Waals surface area contributed by atoms with Crippen molar-refractivity contribution in [3.63, 3.8) is 0 Å². The number of nitriles is 1. The first-order valence-electron chi connectivity index (χ1n) is 10.1. The second-order valence-electron chi connectivity index (χ2n) is 7.19. The zero-order valence-corrected chi connectivity index (χ0v) is 19.4. The van der Waals surface area contributed by atoms with Crippen LogP contribution in [-0.4, -0.2) is 15.4 Å². The smallest absolute Gasteiger partial charge is 0.273 e. The minimum Gasteiger partial charge on any atom is -0.321 e. The largest absolute Gasteiger partial charge is 0.321 e. The first-order chi connectivity index (χ1) is 16.9. The van der Waals surface area contributed by atoms with Crippen LogP contribution < -0.4 is 20.1 Å². The van der Waals surface area contributed by atoms with Crippen LogP contribution >= 0.6 is 22.9 Å². The number of nitrogens with zero attached hydrogens (tertiary/aromatic N) is 3. The predicted molar refractivity (Wildman–Crippen MR) is 135 cm³/mol. The summed E-state index contributed by atoms with van der Waals surface area (Å²) < 4.78 is 1.72. The third-order valence-electron chi connectivity index (χ3n) is 4.89. The molecule has 0 radical (unpaired) electrons. The number of anilines is 1. The van der Waals surface area contributed by atoms with Gasteiger partial charge in [-0.05, 0) is 60.2 Å². The van der Waals surface area contributed by atoms with Crippen molar-refractivity contribution in [2.45, 2.75) is 0 Å². The van der Waals surface area contributed by atoms with E-state index in [4.69, 9.17) is 11.6 Å². The van der Waals surface area contributed by atoms with Crippen molar-refractivity contribution in [1.29, 1.82) is 5.26 Å². The van der Waals surface area contributed by atoms with Gasteiger partial charge in [-0.1, -0.05) is 29.8 Å². The van der Waals surface area contributed by atoms with Crippen LogP contribution in [0.15, 0.2) is 83.7 Å². The maximum Gasteiger partial charge on any atom is 0.273 e. The number of nitro benzene ring substituents is 1. The molecule has 1 N–H and O–H groups in total. The lowest BCUT2D eigenvalue weighted by molar-refractivity contribution is -0.384. The average molecular weight is 503 g/mol. The van der Waals surface area contributed by atoms with Crippen molar-refractivity contribution < 1.29 is 9.72 Å². The molecule has 0 aliphatic heterocycles. The van der Waals surface area contributed by atoms with E-state index in [0.717, 1.165) is 11.3 Å². The molecule has 1 amide bonds. The van der Waals surface area contributed by atoms with Gasteiger partial charge >= 0.3 is 0 Å². The maximum absolute atomic E-state index is 13.4. The fraction of sp³-hybridized carbons (Fsp3) is 0. The van der Waals surface area contributed by atoms with Gasteiger partial charge in [-0.25, -0.2) is 0 Å². The Morgan fingerprint density at radius 3 is 2.31 bits per heavy atom. The number of para-hydroxylation sites is 1. The van der Waals surface area contributed by atoms with Crippen molar-refractivity contribution in [3.8, 4) is 11.8 Å². The normalized spacial score (nSPS) is 12.1. The molecule has 0 aliphatic rings. The van der Waals surface area contributed by atoms with E-state index < -0.39 is 16.4 Å². The third-order valence-corrected chi connectivity index (χ3v) is 6.24. The van der Waals surface area contributed by atoms with Gasteiger partial charge in [-0.2, -0.15) is 5.26 Å². The molecule has 4 rings (SSSR count). The molecule has 0 fully saturated rings. The first-order valence-corrected chi connectivity index (χ1v) is 11.3. The molecule has 1 aromatic heterocycles. The van der Waals surface area contributed by atoms with Gasteiger partial charge in [0, 0.05) is 22.8 Å². The molecular weight excluding hydrogens is 488 g/mol. The number of amides is 1. The number of non-ortho nitro benzene ring substituents is 1. The molecule has 0 atom stereocenters. The van der Waals surface area contributed by atoms with E-state index >= 15 is 0 Å². The number of carbonyl (C=O) groups excluding carboxylic acids is 1. The van der Waals surface area contributed by atoms with Gasteiger partial charge in [0.2, 0.25) is 0 Å². The zero-order chi connectivity index (χ0) is 24.9. The molecule has 0 spiro atoms. The minimum absolute atomic E-state index is 0.0744. The molecule has 8 nitrogen and oxygen atoms in total. The molecule has 10 heteroatoms. The lowest BCUT2D eigenvalue weighted by Crippen LogP contribution is -2.32. The van der Waals surface area contributed by atoms with Gasteiger partial charge < -0.3 is 5.32 Å². The Morgan fingerprint density at radius 2 is 1.71 bits per heavy atom. The van der Waals surface area contributed by atoms with Crippen molar-refractivity contribution in [2.24, 2.45) is 0 Å². The molecule has 4 aromatic rings. The number of aromatic nitrogens is 1. The molecule has 0 saturated heterocycles. The lowest BCUT2D eigenvalue weighted by Gasteiger charge is -2.06. The number of rotatable bonds is 5. The Morgan fingerprint density at radius 1 is 1.06 bits per heavy atom. The zero-order valence-electron chi connectivity index (χ0n) is 17.8. The van der Waals surface area contributed by atoms with Gasteiger partial charge in [-0.15, -0.1) is 11.3 Å². The summed E-state index contributed by atoms with van der Waals surface area (Å²) >= 11 is 6.87. The van der Waals surface area contributed by atoms with Crippen molar-refractivity contribution >= 4 is 51.9 Å². The van der Waals surface area contributed by atoms with Crippen LogP contribution in [0.5, 0.6) is 0 Å². The van der Waals surface area contributed by atoms with Gasteiger partial charge in [-0.3, -0.25) is 24.3 Å². The van der Waals surface area contributed by atoms with Crippen molar-refractivity contribution in [1.82, 2.24) is 4.57 Å². The van der Waals surface area contributed by atoms with E-state index in [0.29, 0.717) is 22.0 Å². The number of carbonyl (C=O) groups is 1. The predicted octanol–water partition coefficient (Wildman–Crippen LogP) is 3.60. The summed E-state index contributed by atoms with van der Waals surface area (Å²) in [6.07, 6.45) is 1.56. The van der Waals surface area contributed by atoms with Crippen LogP contribution in [0, 0.1) is 21.4 Å². The van der Waals surface area contributed by atoms with Crippen LogP contribution in [0.1, 0.15) is 5.56 Å². The molecule has 35 heavy (non-hydrogen) atoms. The Balaban J connectivity index is 1.91. The number of benzene rings is 3. The summed E-state index contributed by atoms with van der Waals surface area (Å²) in [4.78, 5) is 36.8. The van der Waals surface area contributed by atoms with Crippen LogP contribution in [0.3, 0.4) is 0 Å². The second kappa shape index (κ2) is 10.2. The summed E-state index contributed by atoms with van der Waals surface area (Å²) in [6.45, 7) is 0. The van der Waals surface area contributed by atoms with Gasteiger partial charge in [0.25, 0.3) is 17.2 Å². The number of nitro groups is 1. The molecule has 172 valence electrons. The standard InChI is InChI=1S/C25H15ClN4O4S/c26-17-8-10-18(11-9-17)28-23(31)21(15-27)25-29(19-4-2-1-3-5-19)24(32)22(35-25)14-16-6-12-20(13-7-16)30(33)34/h1-14H,(H,28,31)/b22-14+,25-21+. The molecule has 0 bridgehead atoms. The summed E-state index contributed by atoms with van der Waals surface area (Å²) in [5, 5.41) is 23.9. The quantitative estimate of drug-likeness (QED) is 0.330. The first kappa shape index (κ1) is 23.6. The molecular formula is C25H15ClN4O4S. The molecule has 0 aliphatic carbocycles. The molecule has 0 unspecified atom stereocenters.